The van der Waals surface area contributed by atoms with Crippen molar-refractivity contribution >= 4 is 23.3 Å². The molecule has 12 heteroatoms. The van der Waals surface area contributed by atoms with E-state index < -0.39 is 12.3 Å². The number of urea groups is 1. The molecule has 0 unspecified atom stereocenters. The van der Waals surface area contributed by atoms with Crippen LogP contribution in [0.4, 0.5) is 19.3 Å². The van der Waals surface area contributed by atoms with Gasteiger partial charge in [0, 0.05) is 56.2 Å². The molecular formula is C25H25F2N7O3. The van der Waals surface area contributed by atoms with E-state index in [0.29, 0.717) is 49.5 Å². The number of aromatic nitrogens is 4. The molecule has 5 rings (SSSR count). The lowest BCUT2D eigenvalue weighted by Gasteiger charge is -2.37. The number of imidazole rings is 1. The summed E-state index contributed by atoms with van der Waals surface area (Å²) in [4.78, 5) is 35.4. The van der Waals surface area contributed by atoms with Gasteiger partial charge in [-0.2, -0.15) is 8.78 Å². The van der Waals surface area contributed by atoms with Crippen LogP contribution in [-0.2, 0) is 11.3 Å². The van der Waals surface area contributed by atoms with Gasteiger partial charge in [-0.05, 0) is 24.3 Å². The first-order chi connectivity index (χ1) is 17.9. The third-order valence-corrected chi connectivity index (χ3v) is 6.21. The zero-order valence-electron chi connectivity index (χ0n) is 20.1. The molecule has 3 amide bonds. The van der Waals surface area contributed by atoms with Gasteiger partial charge in [-0.15, -0.1) is 10.2 Å². The van der Waals surface area contributed by atoms with E-state index in [0.717, 1.165) is 5.69 Å². The number of fused-ring (bicyclic) bond motifs is 1. The maximum atomic E-state index is 13.6. The molecule has 1 aliphatic rings. The number of halogens is 2. The number of hydrogen-bond acceptors (Lipinski definition) is 6. The zero-order valence-corrected chi connectivity index (χ0v) is 20.1. The molecule has 0 aliphatic carbocycles. The molecule has 1 fully saturated rings. The fourth-order valence-electron chi connectivity index (χ4n) is 4.26. The predicted octanol–water partition coefficient (Wildman–Crippen LogP) is 4.00. The maximum Gasteiger partial charge on any atom is 0.324 e. The van der Waals surface area contributed by atoms with E-state index in [2.05, 4.69) is 15.2 Å². The normalized spacial score (nSPS) is 13.9. The third-order valence-electron chi connectivity index (χ3n) is 6.21. The summed E-state index contributed by atoms with van der Waals surface area (Å²) >= 11 is 0. The van der Waals surface area contributed by atoms with Gasteiger partial charge in [0.05, 0.1) is 12.2 Å². The minimum atomic E-state index is -2.85. The second kappa shape index (κ2) is 10.3. The lowest BCUT2D eigenvalue weighted by atomic mass is 10.2. The van der Waals surface area contributed by atoms with Crippen LogP contribution in [0.5, 0.6) is 0 Å². The third kappa shape index (κ3) is 5.13. The van der Waals surface area contributed by atoms with E-state index >= 15 is 0 Å². The molecule has 1 saturated heterocycles. The fourth-order valence-corrected chi connectivity index (χ4v) is 4.26. The van der Waals surface area contributed by atoms with E-state index in [4.69, 9.17) is 4.42 Å². The van der Waals surface area contributed by atoms with E-state index in [1.54, 1.807) is 43.6 Å². The summed E-state index contributed by atoms with van der Waals surface area (Å²) in [6.07, 6.45) is 1.11. The summed E-state index contributed by atoms with van der Waals surface area (Å²) in [6, 6.07) is 12.5. The monoisotopic (exact) mass is 509 g/mol. The van der Waals surface area contributed by atoms with Gasteiger partial charge in [0.15, 0.2) is 0 Å². The first-order valence-corrected chi connectivity index (χ1v) is 11.9. The maximum absolute atomic E-state index is 13.6. The molecule has 0 atom stereocenters. The first kappa shape index (κ1) is 24.3. The largest absolute Gasteiger partial charge is 0.415 e. The van der Waals surface area contributed by atoms with E-state index in [1.807, 2.05) is 37.3 Å². The summed E-state index contributed by atoms with van der Waals surface area (Å²) in [5.41, 5.74) is 2.35. The van der Waals surface area contributed by atoms with Gasteiger partial charge >= 0.3 is 12.5 Å². The Morgan fingerprint density at radius 2 is 1.78 bits per heavy atom. The molecule has 0 radical (unpaired) electrons. The molecule has 4 aromatic rings. The summed E-state index contributed by atoms with van der Waals surface area (Å²) < 4.78 is 32.5. The van der Waals surface area contributed by atoms with Crippen LogP contribution in [0.2, 0.25) is 0 Å². The number of piperazine rings is 1. The number of nitrogens with zero attached hydrogens (tertiary/aromatic N) is 7. The average molecular weight is 510 g/mol. The Labute approximate surface area is 211 Å². The van der Waals surface area contributed by atoms with Crippen molar-refractivity contribution in [2.24, 2.45) is 0 Å². The number of alkyl halides is 2. The van der Waals surface area contributed by atoms with Gasteiger partial charge < -0.3 is 18.6 Å². The highest BCUT2D eigenvalue weighted by Gasteiger charge is 2.28. The lowest BCUT2D eigenvalue weighted by molar-refractivity contribution is -0.132. The zero-order chi connectivity index (χ0) is 25.9. The van der Waals surface area contributed by atoms with Crippen molar-refractivity contribution in [1.82, 2.24) is 29.4 Å². The Balaban J connectivity index is 1.37. The minimum absolute atomic E-state index is 0.0239. The lowest BCUT2D eigenvalue weighted by Crippen LogP contribution is -2.54. The fraction of sp³-hybridized carbons (Fsp3) is 0.320. The summed E-state index contributed by atoms with van der Waals surface area (Å²) in [7, 11) is 0. The molecule has 37 heavy (non-hydrogen) atoms. The quantitative estimate of drug-likeness (QED) is 0.390. The standard InChI is InChI=1S/C25H25F2N7O3/c1-2-21(35)31-10-12-32(13-11-31)25(36)34(19-6-4-3-5-7-19)16-18-15-33-9-8-17(14-20(33)28-18)23-29-30-24(37-23)22(26)27/h3-9,14-15,22H,2,10-13,16H2,1H3. The van der Waals surface area contributed by atoms with Gasteiger partial charge in [-0.25, -0.2) is 9.78 Å². The molecule has 4 heterocycles. The van der Waals surface area contributed by atoms with E-state index in [-0.39, 0.29) is 24.4 Å². The second-order valence-corrected chi connectivity index (χ2v) is 8.58. The smallest absolute Gasteiger partial charge is 0.324 e. The molecule has 0 saturated carbocycles. The van der Waals surface area contributed by atoms with Crippen molar-refractivity contribution in [2.75, 3.05) is 31.1 Å². The number of anilines is 1. The molecule has 1 aromatic carbocycles. The SMILES string of the molecule is CCC(=O)N1CCN(C(=O)N(Cc2cn3ccc(-c4nnc(C(F)F)o4)cc3n2)c2ccccc2)CC1. The molecule has 0 bridgehead atoms. The molecular weight excluding hydrogens is 484 g/mol. The number of para-hydroxylation sites is 1. The van der Waals surface area contributed by atoms with Crippen LogP contribution in [0.15, 0.2) is 59.3 Å². The van der Waals surface area contributed by atoms with Crippen molar-refractivity contribution < 1.29 is 22.8 Å². The second-order valence-electron chi connectivity index (χ2n) is 8.58. The minimum Gasteiger partial charge on any atom is -0.415 e. The predicted molar refractivity (Wildman–Crippen MR) is 130 cm³/mol. The Bertz CT molecular complexity index is 1400. The Kier molecular flexibility index (Phi) is 6.80. The highest BCUT2D eigenvalue weighted by Crippen LogP contribution is 2.25. The average Bonchev–Trinajstić information content (AvgIpc) is 3.58. The summed E-state index contributed by atoms with van der Waals surface area (Å²) in [5, 5.41) is 7.06. The molecule has 1 aliphatic heterocycles. The van der Waals surface area contributed by atoms with Crippen molar-refractivity contribution in [1.29, 1.82) is 0 Å². The summed E-state index contributed by atoms with van der Waals surface area (Å²) in [5.74, 6) is -0.679. The van der Waals surface area contributed by atoms with Crippen molar-refractivity contribution in [2.45, 2.75) is 26.3 Å². The molecule has 0 N–H and O–H groups in total. The van der Waals surface area contributed by atoms with Crippen LogP contribution >= 0.6 is 0 Å². The van der Waals surface area contributed by atoms with Gasteiger partial charge in [-0.1, -0.05) is 25.1 Å². The molecule has 3 aromatic heterocycles. The number of carbonyl (C=O) groups is 2. The van der Waals surface area contributed by atoms with Gasteiger partial charge in [-0.3, -0.25) is 9.69 Å². The number of benzene rings is 1. The Morgan fingerprint density at radius 1 is 1.05 bits per heavy atom. The van der Waals surface area contributed by atoms with Crippen LogP contribution < -0.4 is 4.90 Å². The first-order valence-electron chi connectivity index (χ1n) is 11.9. The Hall–Kier alpha value is -4.35. The Morgan fingerprint density at radius 3 is 2.46 bits per heavy atom. The topological polar surface area (TPSA) is 100 Å². The molecule has 192 valence electrons. The van der Waals surface area contributed by atoms with Crippen molar-refractivity contribution in [3.05, 3.63) is 66.4 Å². The number of hydrogen-bond donors (Lipinski definition) is 0. The van der Waals surface area contributed by atoms with Crippen molar-refractivity contribution in [3.63, 3.8) is 0 Å². The summed E-state index contributed by atoms with van der Waals surface area (Å²) in [6.45, 7) is 3.95. The molecule has 10 nitrogen and oxygen atoms in total. The van der Waals surface area contributed by atoms with Crippen LogP contribution in [0.25, 0.3) is 17.1 Å². The number of pyridine rings is 1. The van der Waals surface area contributed by atoms with E-state index in [1.165, 1.54) is 0 Å². The van der Waals surface area contributed by atoms with Gasteiger partial charge in [0.1, 0.15) is 5.65 Å². The number of rotatable bonds is 6. The van der Waals surface area contributed by atoms with E-state index in [9.17, 15) is 18.4 Å². The number of carbonyl (C=O) groups excluding carboxylic acids is 2. The highest BCUT2D eigenvalue weighted by molar-refractivity contribution is 5.92. The number of amides is 3. The van der Waals surface area contributed by atoms with Crippen LogP contribution in [0.1, 0.15) is 31.4 Å². The van der Waals surface area contributed by atoms with Crippen molar-refractivity contribution in [3.8, 4) is 11.5 Å². The van der Waals surface area contributed by atoms with Crippen LogP contribution in [0, 0.1) is 0 Å². The highest BCUT2D eigenvalue weighted by atomic mass is 19.3. The van der Waals surface area contributed by atoms with Gasteiger partial charge in [0.25, 0.3) is 5.89 Å². The van der Waals surface area contributed by atoms with Crippen LogP contribution in [-0.4, -0.2) is 67.5 Å². The van der Waals surface area contributed by atoms with Crippen LogP contribution in [0.3, 0.4) is 0 Å². The van der Waals surface area contributed by atoms with Gasteiger partial charge in [0.2, 0.25) is 11.8 Å². The molecule has 0 spiro atoms.